The molecule has 0 aliphatic rings. The standard InChI is InChI=1S/C26H22ClN3O3S/c1-3-32-24-14-18(10-13-23(24)33-25(31)20-6-4-5-7-21(20)27)15-28-30-26-29-22(16-34-26)19-11-8-17(2)9-12-19/h4-16H,3H2,1-2H3,(H,29,30)/b28-15-. The van der Waals surface area contributed by atoms with Gasteiger partial charge in [-0.3, -0.25) is 5.43 Å². The van der Waals surface area contributed by atoms with Crippen molar-refractivity contribution in [3.63, 3.8) is 0 Å². The number of nitrogens with zero attached hydrogens (tertiary/aromatic N) is 2. The van der Waals surface area contributed by atoms with Crippen LogP contribution in [0.2, 0.25) is 5.02 Å². The number of nitrogens with one attached hydrogen (secondary N) is 1. The number of carbonyl (C=O) groups excluding carboxylic acids is 1. The molecular formula is C26H22ClN3O3S. The molecule has 0 spiro atoms. The Morgan fingerprint density at radius 3 is 2.68 bits per heavy atom. The van der Waals surface area contributed by atoms with Gasteiger partial charge in [0.2, 0.25) is 5.13 Å². The molecule has 0 fully saturated rings. The summed E-state index contributed by atoms with van der Waals surface area (Å²) in [5, 5.41) is 7.27. The Bertz CT molecular complexity index is 1320. The smallest absolute Gasteiger partial charge is 0.345 e. The Morgan fingerprint density at radius 2 is 1.91 bits per heavy atom. The maximum Gasteiger partial charge on any atom is 0.345 e. The molecule has 4 aromatic rings. The summed E-state index contributed by atoms with van der Waals surface area (Å²) in [4.78, 5) is 17.1. The molecule has 34 heavy (non-hydrogen) atoms. The van der Waals surface area contributed by atoms with Crippen LogP contribution in [0, 0.1) is 6.92 Å². The van der Waals surface area contributed by atoms with E-state index < -0.39 is 5.97 Å². The van der Waals surface area contributed by atoms with Crippen molar-refractivity contribution < 1.29 is 14.3 Å². The van der Waals surface area contributed by atoms with Gasteiger partial charge in [-0.15, -0.1) is 11.3 Å². The van der Waals surface area contributed by atoms with Crippen molar-refractivity contribution in [2.45, 2.75) is 13.8 Å². The SMILES string of the molecule is CCOc1cc(/C=N\Nc2nc(-c3ccc(C)cc3)cs2)ccc1OC(=O)c1ccccc1Cl. The summed E-state index contributed by atoms with van der Waals surface area (Å²) in [6.45, 7) is 4.32. The molecule has 1 aromatic heterocycles. The summed E-state index contributed by atoms with van der Waals surface area (Å²) < 4.78 is 11.2. The molecule has 4 rings (SSSR count). The van der Waals surface area contributed by atoms with Gasteiger partial charge in [0.25, 0.3) is 0 Å². The number of halogens is 1. The van der Waals surface area contributed by atoms with E-state index in [1.54, 1.807) is 48.7 Å². The fraction of sp³-hybridized carbons (Fsp3) is 0.115. The number of aromatic nitrogens is 1. The zero-order valence-corrected chi connectivity index (χ0v) is 20.2. The number of hydrogen-bond donors (Lipinski definition) is 1. The summed E-state index contributed by atoms with van der Waals surface area (Å²) >= 11 is 7.58. The number of hydrogen-bond acceptors (Lipinski definition) is 7. The third-order valence-electron chi connectivity index (χ3n) is 4.79. The molecule has 1 heterocycles. The fourth-order valence-electron chi connectivity index (χ4n) is 3.08. The lowest BCUT2D eigenvalue weighted by molar-refractivity contribution is 0.0728. The van der Waals surface area contributed by atoms with Crippen LogP contribution in [0.15, 0.2) is 77.2 Å². The van der Waals surface area contributed by atoms with Crippen molar-refractivity contribution in [2.24, 2.45) is 5.10 Å². The Morgan fingerprint density at radius 1 is 1.12 bits per heavy atom. The van der Waals surface area contributed by atoms with E-state index >= 15 is 0 Å². The number of esters is 1. The van der Waals surface area contributed by atoms with Crippen molar-refractivity contribution in [2.75, 3.05) is 12.0 Å². The minimum Gasteiger partial charge on any atom is -0.490 e. The Labute approximate surface area is 206 Å². The number of rotatable bonds is 8. The third kappa shape index (κ3) is 5.81. The van der Waals surface area contributed by atoms with E-state index in [0.717, 1.165) is 16.8 Å². The van der Waals surface area contributed by atoms with E-state index in [-0.39, 0.29) is 5.56 Å². The van der Waals surface area contributed by atoms with E-state index in [4.69, 9.17) is 21.1 Å². The molecule has 6 nitrogen and oxygen atoms in total. The quantitative estimate of drug-likeness (QED) is 0.126. The number of hydrazone groups is 1. The molecule has 0 aliphatic heterocycles. The number of thiazole rings is 1. The Kier molecular flexibility index (Phi) is 7.57. The average molecular weight is 492 g/mol. The molecule has 0 bridgehead atoms. The lowest BCUT2D eigenvalue weighted by Gasteiger charge is -2.11. The summed E-state index contributed by atoms with van der Waals surface area (Å²) in [5.74, 6) is 0.185. The normalized spacial score (nSPS) is 10.9. The second kappa shape index (κ2) is 11.0. The van der Waals surface area contributed by atoms with Crippen LogP contribution in [0.5, 0.6) is 11.5 Å². The molecule has 0 aliphatic carbocycles. The summed E-state index contributed by atoms with van der Waals surface area (Å²) in [7, 11) is 0. The number of aryl methyl sites for hydroxylation is 1. The van der Waals surface area contributed by atoms with Crippen LogP contribution < -0.4 is 14.9 Å². The van der Waals surface area contributed by atoms with Gasteiger partial charge in [-0.05, 0) is 49.7 Å². The van der Waals surface area contributed by atoms with Crippen molar-refractivity contribution in [3.8, 4) is 22.8 Å². The molecule has 0 unspecified atom stereocenters. The number of benzene rings is 3. The van der Waals surface area contributed by atoms with Gasteiger partial charge in [-0.2, -0.15) is 5.10 Å². The Balaban J connectivity index is 1.44. The van der Waals surface area contributed by atoms with Crippen LogP contribution in [-0.2, 0) is 0 Å². The second-order valence-corrected chi connectivity index (χ2v) is 8.55. The molecule has 8 heteroatoms. The minimum atomic E-state index is -0.553. The molecule has 0 radical (unpaired) electrons. The first-order chi connectivity index (χ1) is 16.5. The van der Waals surface area contributed by atoms with E-state index in [1.807, 2.05) is 24.4 Å². The lowest BCUT2D eigenvalue weighted by atomic mass is 10.1. The number of ether oxygens (including phenoxy) is 2. The van der Waals surface area contributed by atoms with Crippen LogP contribution in [0.1, 0.15) is 28.4 Å². The molecule has 1 N–H and O–H groups in total. The molecule has 0 amide bonds. The van der Waals surface area contributed by atoms with Gasteiger partial charge in [0, 0.05) is 10.9 Å². The molecule has 0 saturated carbocycles. The third-order valence-corrected chi connectivity index (χ3v) is 5.87. The summed E-state index contributed by atoms with van der Waals surface area (Å²) in [5.41, 5.74) is 7.17. The maximum absolute atomic E-state index is 12.5. The highest BCUT2D eigenvalue weighted by Crippen LogP contribution is 2.30. The molecule has 3 aromatic carbocycles. The predicted molar refractivity (Wildman–Crippen MR) is 138 cm³/mol. The first-order valence-corrected chi connectivity index (χ1v) is 11.8. The molecule has 0 saturated heterocycles. The zero-order chi connectivity index (χ0) is 23.9. The lowest BCUT2D eigenvalue weighted by Crippen LogP contribution is -2.10. The highest BCUT2D eigenvalue weighted by molar-refractivity contribution is 7.14. The van der Waals surface area contributed by atoms with Gasteiger partial charge in [0.15, 0.2) is 11.5 Å². The van der Waals surface area contributed by atoms with Crippen molar-refractivity contribution in [3.05, 3.63) is 93.8 Å². The highest BCUT2D eigenvalue weighted by atomic mass is 35.5. The van der Waals surface area contributed by atoms with Crippen LogP contribution in [-0.4, -0.2) is 23.8 Å². The van der Waals surface area contributed by atoms with E-state index in [1.165, 1.54) is 16.9 Å². The Hall–Kier alpha value is -3.68. The molecule has 0 atom stereocenters. The zero-order valence-electron chi connectivity index (χ0n) is 18.6. The van der Waals surface area contributed by atoms with Crippen molar-refractivity contribution >= 4 is 40.3 Å². The van der Waals surface area contributed by atoms with Crippen LogP contribution >= 0.6 is 22.9 Å². The largest absolute Gasteiger partial charge is 0.490 e. The summed E-state index contributed by atoms with van der Waals surface area (Å²) in [6, 6.07) is 20.1. The topological polar surface area (TPSA) is 72.8 Å². The van der Waals surface area contributed by atoms with Crippen LogP contribution in [0.25, 0.3) is 11.3 Å². The fourth-order valence-corrected chi connectivity index (χ4v) is 3.96. The maximum atomic E-state index is 12.5. The van der Waals surface area contributed by atoms with Crippen LogP contribution in [0.4, 0.5) is 5.13 Å². The number of anilines is 1. The monoisotopic (exact) mass is 491 g/mol. The van der Waals surface area contributed by atoms with Crippen molar-refractivity contribution in [1.29, 1.82) is 0 Å². The van der Waals surface area contributed by atoms with E-state index in [9.17, 15) is 4.79 Å². The van der Waals surface area contributed by atoms with E-state index in [0.29, 0.717) is 28.3 Å². The first-order valence-electron chi connectivity index (χ1n) is 10.6. The van der Waals surface area contributed by atoms with Gasteiger partial charge in [0.05, 0.1) is 29.1 Å². The van der Waals surface area contributed by atoms with Gasteiger partial charge >= 0.3 is 5.97 Å². The minimum absolute atomic E-state index is 0.287. The highest BCUT2D eigenvalue weighted by Gasteiger charge is 2.15. The molecule has 172 valence electrons. The average Bonchev–Trinajstić information content (AvgIpc) is 3.30. The van der Waals surface area contributed by atoms with Gasteiger partial charge in [-0.1, -0.05) is 53.6 Å². The summed E-state index contributed by atoms with van der Waals surface area (Å²) in [6.07, 6.45) is 1.65. The molecular weight excluding hydrogens is 470 g/mol. The van der Waals surface area contributed by atoms with Gasteiger partial charge in [0.1, 0.15) is 0 Å². The van der Waals surface area contributed by atoms with Crippen LogP contribution in [0.3, 0.4) is 0 Å². The predicted octanol–water partition coefficient (Wildman–Crippen LogP) is 6.84. The van der Waals surface area contributed by atoms with E-state index in [2.05, 4.69) is 34.6 Å². The first kappa shape index (κ1) is 23.5. The van der Waals surface area contributed by atoms with Crippen molar-refractivity contribution in [1.82, 2.24) is 4.98 Å². The second-order valence-electron chi connectivity index (χ2n) is 7.28. The van der Waals surface area contributed by atoms with Gasteiger partial charge in [-0.25, -0.2) is 9.78 Å². The van der Waals surface area contributed by atoms with Gasteiger partial charge < -0.3 is 9.47 Å². The number of carbonyl (C=O) groups is 1.